The molecule has 0 saturated carbocycles. The SMILES string of the molecule is CC(C)NC(=O)C(C)Sc1nc2ccccc2[nH]1. The second-order valence-electron chi connectivity index (χ2n) is 4.48. The molecule has 0 aliphatic carbocycles. The van der Waals surface area contributed by atoms with Gasteiger partial charge in [0.05, 0.1) is 16.3 Å². The Morgan fingerprint density at radius 2 is 2.06 bits per heavy atom. The number of nitrogens with one attached hydrogen (secondary N) is 2. The van der Waals surface area contributed by atoms with Gasteiger partial charge < -0.3 is 10.3 Å². The number of hydrogen-bond acceptors (Lipinski definition) is 3. The maximum atomic E-state index is 11.8. The molecule has 18 heavy (non-hydrogen) atoms. The van der Waals surface area contributed by atoms with E-state index >= 15 is 0 Å². The minimum atomic E-state index is -0.159. The first-order valence-electron chi connectivity index (χ1n) is 5.98. The fourth-order valence-electron chi connectivity index (χ4n) is 1.61. The van der Waals surface area contributed by atoms with E-state index in [1.807, 2.05) is 45.0 Å². The number of amides is 1. The number of carbonyl (C=O) groups is 1. The molecule has 4 nitrogen and oxygen atoms in total. The summed E-state index contributed by atoms with van der Waals surface area (Å²) in [5.74, 6) is 0.0375. The number of aromatic amines is 1. The fourth-order valence-corrected chi connectivity index (χ4v) is 2.44. The first-order chi connectivity index (χ1) is 8.56. The van der Waals surface area contributed by atoms with Gasteiger partial charge in [0.25, 0.3) is 0 Å². The zero-order chi connectivity index (χ0) is 13.1. The molecule has 2 N–H and O–H groups in total. The largest absolute Gasteiger partial charge is 0.353 e. The Morgan fingerprint density at radius 3 is 2.72 bits per heavy atom. The Kier molecular flexibility index (Phi) is 3.91. The first-order valence-corrected chi connectivity index (χ1v) is 6.86. The smallest absolute Gasteiger partial charge is 0.233 e. The van der Waals surface area contributed by atoms with Crippen LogP contribution < -0.4 is 5.32 Å². The summed E-state index contributed by atoms with van der Waals surface area (Å²) in [7, 11) is 0. The third-order valence-electron chi connectivity index (χ3n) is 2.46. The number of para-hydroxylation sites is 2. The summed E-state index contributed by atoms with van der Waals surface area (Å²) in [6.07, 6.45) is 0. The average Bonchev–Trinajstić information content (AvgIpc) is 2.69. The molecule has 96 valence electrons. The molecule has 5 heteroatoms. The number of rotatable bonds is 4. The molecule has 2 rings (SSSR count). The Labute approximate surface area is 111 Å². The molecule has 0 spiro atoms. The van der Waals surface area contributed by atoms with Crippen molar-refractivity contribution in [3.63, 3.8) is 0 Å². The normalized spacial score (nSPS) is 12.9. The highest BCUT2D eigenvalue weighted by molar-refractivity contribution is 8.00. The van der Waals surface area contributed by atoms with Gasteiger partial charge in [-0.2, -0.15) is 0 Å². The summed E-state index contributed by atoms with van der Waals surface area (Å²) in [4.78, 5) is 19.4. The monoisotopic (exact) mass is 263 g/mol. The molecular weight excluding hydrogens is 246 g/mol. The fraction of sp³-hybridized carbons (Fsp3) is 0.385. The van der Waals surface area contributed by atoms with Crippen molar-refractivity contribution in [1.82, 2.24) is 15.3 Å². The van der Waals surface area contributed by atoms with Crippen LogP contribution in [0.15, 0.2) is 29.4 Å². The molecule has 1 aromatic carbocycles. The maximum Gasteiger partial charge on any atom is 0.233 e. The van der Waals surface area contributed by atoms with Gasteiger partial charge in [0.2, 0.25) is 5.91 Å². The summed E-state index contributed by atoms with van der Waals surface area (Å²) in [6, 6.07) is 8.01. The molecule has 0 radical (unpaired) electrons. The number of aromatic nitrogens is 2. The number of fused-ring (bicyclic) bond motifs is 1. The van der Waals surface area contributed by atoms with Gasteiger partial charge in [-0.05, 0) is 32.9 Å². The minimum Gasteiger partial charge on any atom is -0.353 e. The number of carbonyl (C=O) groups excluding carboxylic acids is 1. The minimum absolute atomic E-state index is 0.0375. The van der Waals surface area contributed by atoms with Gasteiger partial charge in [-0.25, -0.2) is 4.98 Å². The van der Waals surface area contributed by atoms with E-state index in [-0.39, 0.29) is 17.2 Å². The van der Waals surface area contributed by atoms with Gasteiger partial charge in [-0.3, -0.25) is 4.79 Å². The average molecular weight is 263 g/mol. The highest BCUT2D eigenvalue weighted by Gasteiger charge is 2.16. The van der Waals surface area contributed by atoms with Gasteiger partial charge in [-0.1, -0.05) is 23.9 Å². The van der Waals surface area contributed by atoms with E-state index in [4.69, 9.17) is 0 Å². The van der Waals surface area contributed by atoms with Crippen LogP contribution in [0.4, 0.5) is 0 Å². The second-order valence-corrected chi connectivity index (χ2v) is 5.81. The highest BCUT2D eigenvalue weighted by atomic mass is 32.2. The highest BCUT2D eigenvalue weighted by Crippen LogP contribution is 2.23. The number of hydrogen-bond donors (Lipinski definition) is 2. The number of thioether (sulfide) groups is 1. The van der Waals surface area contributed by atoms with E-state index in [1.54, 1.807) is 0 Å². The van der Waals surface area contributed by atoms with Gasteiger partial charge in [0.1, 0.15) is 0 Å². The molecule has 1 unspecified atom stereocenters. The predicted octanol–water partition coefficient (Wildman–Crippen LogP) is 2.57. The van der Waals surface area contributed by atoms with Crippen LogP contribution in [0.5, 0.6) is 0 Å². The van der Waals surface area contributed by atoms with Gasteiger partial charge in [-0.15, -0.1) is 0 Å². The lowest BCUT2D eigenvalue weighted by Gasteiger charge is -2.12. The number of H-pyrrole nitrogens is 1. The number of imidazole rings is 1. The number of nitrogens with zero attached hydrogens (tertiary/aromatic N) is 1. The van der Waals surface area contributed by atoms with Crippen LogP contribution in [0.3, 0.4) is 0 Å². The Hall–Kier alpha value is -1.49. The molecule has 0 saturated heterocycles. The summed E-state index contributed by atoms with van der Waals surface area (Å²) in [5.41, 5.74) is 1.92. The van der Waals surface area contributed by atoms with Crippen molar-refractivity contribution in [2.24, 2.45) is 0 Å². The molecule has 1 amide bonds. The summed E-state index contributed by atoms with van der Waals surface area (Å²) < 4.78 is 0. The molecule has 1 aromatic heterocycles. The zero-order valence-corrected chi connectivity index (χ0v) is 11.5. The molecule has 1 heterocycles. The van der Waals surface area contributed by atoms with Crippen molar-refractivity contribution in [3.05, 3.63) is 24.3 Å². The molecule has 0 fully saturated rings. The standard InChI is InChI=1S/C13H17N3OS/c1-8(2)14-12(17)9(3)18-13-15-10-6-4-5-7-11(10)16-13/h4-9H,1-3H3,(H,14,17)(H,15,16). The van der Waals surface area contributed by atoms with E-state index in [0.717, 1.165) is 16.2 Å². The second kappa shape index (κ2) is 5.44. The van der Waals surface area contributed by atoms with Crippen molar-refractivity contribution in [2.75, 3.05) is 0 Å². The van der Waals surface area contributed by atoms with Crippen molar-refractivity contribution in [3.8, 4) is 0 Å². The van der Waals surface area contributed by atoms with Gasteiger partial charge in [0.15, 0.2) is 5.16 Å². The molecule has 2 aromatic rings. The van der Waals surface area contributed by atoms with Crippen LogP contribution in [0, 0.1) is 0 Å². The van der Waals surface area contributed by atoms with Crippen molar-refractivity contribution in [2.45, 2.75) is 37.2 Å². The van der Waals surface area contributed by atoms with Crippen LogP contribution in [0.2, 0.25) is 0 Å². The van der Waals surface area contributed by atoms with E-state index in [0.29, 0.717) is 0 Å². The Balaban J connectivity index is 2.06. The molecule has 1 atom stereocenters. The van der Waals surface area contributed by atoms with E-state index in [2.05, 4.69) is 15.3 Å². The van der Waals surface area contributed by atoms with Crippen LogP contribution >= 0.6 is 11.8 Å². The molecule has 0 bridgehead atoms. The lowest BCUT2D eigenvalue weighted by Crippen LogP contribution is -2.35. The van der Waals surface area contributed by atoms with E-state index in [9.17, 15) is 4.79 Å². The quantitative estimate of drug-likeness (QED) is 0.834. The third kappa shape index (κ3) is 3.04. The summed E-state index contributed by atoms with van der Waals surface area (Å²) in [5, 5.41) is 3.52. The predicted molar refractivity (Wildman–Crippen MR) is 74.7 cm³/mol. The first kappa shape index (κ1) is 13.0. The molecule has 0 aliphatic heterocycles. The van der Waals surface area contributed by atoms with Crippen LogP contribution in [0.25, 0.3) is 11.0 Å². The molecule has 0 aliphatic rings. The maximum absolute atomic E-state index is 11.8. The lowest BCUT2D eigenvalue weighted by atomic mass is 10.3. The number of benzene rings is 1. The molecular formula is C13H17N3OS. The third-order valence-corrected chi connectivity index (χ3v) is 3.44. The lowest BCUT2D eigenvalue weighted by molar-refractivity contribution is -0.120. The summed E-state index contributed by atoms with van der Waals surface area (Å²) in [6.45, 7) is 5.79. The summed E-state index contributed by atoms with van der Waals surface area (Å²) >= 11 is 1.44. The van der Waals surface area contributed by atoms with Crippen LogP contribution in [-0.4, -0.2) is 27.2 Å². The van der Waals surface area contributed by atoms with Crippen molar-refractivity contribution < 1.29 is 4.79 Å². The Morgan fingerprint density at radius 1 is 1.33 bits per heavy atom. The topological polar surface area (TPSA) is 57.8 Å². The van der Waals surface area contributed by atoms with E-state index in [1.165, 1.54) is 11.8 Å². The van der Waals surface area contributed by atoms with E-state index < -0.39 is 0 Å². The zero-order valence-electron chi connectivity index (χ0n) is 10.7. The van der Waals surface area contributed by atoms with Crippen molar-refractivity contribution in [1.29, 1.82) is 0 Å². The van der Waals surface area contributed by atoms with Gasteiger partial charge >= 0.3 is 0 Å². The van der Waals surface area contributed by atoms with Crippen molar-refractivity contribution >= 4 is 28.7 Å². The van der Waals surface area contributed by atoms with Crippen LogP contribution in [-0.2, 0) is 4.79 Å². The Bertz CT molecular complexity index is 517. The van der Waals surface area contributed by atoms with Gasteiger partial charge in [0, 0.05) is 6.04 Å². The van der Waals surface area contributed by atoms with Crippen LogP contribution in [0.1, 0.15) is 20.8 Å².